The molecule has 0 aromatic heterocycles. The lowest BCUT2D eigenvalue weighted by molar-refractivity contribution is -0.924. The van der Waals surface area contributed by atoms with Gasteiger partial charge < -0.3 is 31.1 Å². The Balaban J connectivity index is 0.00000676. The van der Waals surface area contributed by atoms with E-state index in [2.05, 4.69) is 13.5 Å². The Bertz CT molecular complexity index is 472. The molecule has 6 heteroatoms. The molecule has 1 fully saturated rings. The van der Waals surface area contributed by atoms with Crippen molar-refractivity contribution in [2.45, 2.75) is 52.4 Å². The van der Waals surface area contributed by atoms with Gasteiger partial charge >= 0.3 is 5.97 Å². The van der Waals surface area contributed by atoms with Crippen molar-refractivity contribution in [2.24, 2.45) is 0 Å². The van der Waals surface area contributed by atoms with Gasteiger partial charge in [0.15, 0.2) is 0 Å². The molecule has 1 saturated heterocycles. The van der Waals surface area contributed by atoms with E-state index in [1.807, 2.05) is 17.1 Å². The van der Waals surface area contributed by atoms with Crippen molar-refractivity contribution in [2.75, 3.05) is 45.9 Å². The van der Waals surface area contributed by atoms with E-state index in [-0.39, 0.29) is 28.9 Å². The van der Waals surface area contributed by atoms with E-state index in [1.54, 1.807) is 6.08 Å². The molecule has 1 aliphatic heterocycles. The second-order valence-corrected chi connectivity index (χ2v) is 7.20. The molecule has 0 unspecified atom stereocenters. The Hall–Kier alpha value is -1.14. The van der Waals surface area contributed by atoms with E-state index in [4.69, 9.17) is 4.74 Å². The molecule has 0 aromatic rings. The van der Waals surface area contributed by atoms with Crippen molar-refractivity contribution in [3.05, 3.63) is 24.8 Å². The monoisotopic (exact) mass is 444 g/mol. The van der Waals surface area contributed by atoms with Gasteiger partial charge in [-0.05, 0) is 38.3 Å². The highest BCUT2D eigenvalue weighted by molar-refractivity contribution is 5.87. The number of ether oxygens (including phenoxy) is 1. The maximum Gasteiger partial charge on any atom is 0.302 e. The SMILES string of the molecule is C=CC[N+]1(CC)CCN(C(=O)/C=C/CCCCCCCOC(C)=O)CC1.[Br-]. The first-order valence-electron chi connectivity index (χ1n) is 10.1. The average Bonchev–Trinajstić information content (AvgIpc) is 2.63. The predicted molar refractivity (Wildman–Crippen MR) is 106 cm³/mol. The molecule has 0 N–H and O–H groups in total. The topological polar surface area (TPSA) is 46.6 Å². The van der Waals surface area contributed by atoms with Gasteiger partial charge in [-0.3, -0.25) is 9.59 Å². The zero-order valence-corrected chi connectivity index (χ0v) is 18.7. The molecule has 1 amide bonds. The zero-order valence-electron chi connectivity index (χ0n) is 17.1. The molecule has 0 aliphatic carbocycles. The summed E-state index contributed by atoms with van der Waals surface area (Å²) in [7, 11) is 0. The maximum absolute atomic E-state index is 12.3. The van der Waals surface area contributed by atoms with Crippen molar-refractivity contribution >= 4 is 11.9 Å². The third-order valence-electron chi connectivity index (χ3n) is 5.27. The standard InChI is InChI=1S/C21H37N2O3.BrH/c1-4-16-23(5-2)17-14-22(15-18-23)21(25)13-11-9-7-6-8-10-12-19-26-20(3)24;/h4,11,13H,1,5-10,12,14-19H2,2-3H3;1H/q+1;/p-1/b13-11+;. The minimum Gasteiger partial charge on any atom is -1.00 e. The van der Waals surface area contributed by atoms with Crippen LogP contribution in [0.4, 0.5) is 0 Å². The molecule has 0 spiro atoms. The molecule has 0 aromatic carbocycles. The number of amides is 1. The molecular formula is C21H37BrN2O3. The van der Waals surface area contributed by atoms with Gasteiger partial charge in [0.25, 0.3) is 0 Å². The zero-order chi connectivity index (χ0) is 19.3. The van der Waals surface area contributed by atoms with E-state index >= 15 is 0 Å². The summed E-state index contributed by atoms with van der Waals surface area (Å²) in [6, 6.07) is 0. The van der Waals surface area contributed by atoms with Gasteiger partial charge in [-0.15, -0.1) is 0 Å². The second-order valence-electron chi connectivity index (χ2n) is 7.20. The molecule has 1 rings (SSSR count). The van der Waals surface area contributed by atoms with Gasteiger partial charge in [-0.1, -0.05) is 31.9 Å². The minimum atomic E-state index is -0.200. The highest BCUT2D eigenvalue weighted by Crippen LogP contribution is 2.14. The fourth-order valence-corrected chi connectivity index (χ4v) is 3.41. The molecular weight excluding hydrogens is 408 g/mol. The van der Waals surface area contributed by atoms with Crippen LogP contribution in [0.3, 0.4) is 0 Å². The number of carbonyl (C=O) groups excluding carboxylic acids is 2. The van der Waals surface area contributed by atoms with Crippen molar-refractivity contribution in [3.8, 4) is 0 Å². The highest BCUT2D eigenvalue weighted by Gasteiger charge is 2.31. The van der Waals surface area contributed by atoms with Crippen LogP contribution in [0.5, 0.6) is 0 Å². The Kier molecular flexibility index (Phi) is 14.2. The predicted octanol–water partition coefficient (Wildman–Crippen LogP) is 0.315. The van der Waals surface area contributed by atoms with Gasteiger partial charge in [-0.25, -0.2) is 0 Å². The van der Waals surface area contributed by atoms with Crippen molar-refractivity contribution in [1.29, 1.82) is 0 Å². The summed E-state index contributed by atoms with van der Waals surface area (Å²) < 4.78 is 5.96. The molecule has 1 heterocycles. The Morgan fingerprint density at radius 3 is 2.33 bits per heavy atom. The lowest BCUT2D eigenvalue weighted by atomic mass is 10.1. The number of nitrogens with zero attached hydrogens (tertiary/aromatic N) is 2. The molecule has 156 valence electrons. The van der Waals surface area contributed by atoms with Crippen LogP contribution in [-0.2, 0) is 14.3 Å². The van der Waals surface area contributed by atoms with Crippen molar-refractivity contribution in [3.63, 3.8) is 0 Å². The summed E-state index contributed by atoms with van der Waals surface area (Å²) in [6.45, 7) is 13.9. The quantitative estimate of drug-likeness (QED) is 0.143. The average molecular weight is 445 g/mol. The Morgan fingerprint density at radius 2 is 1.74 bits per heavy atom. The number of piperazine rings is 1. The first-order valence-corrected chi connectivity index (χ1v) is 10.1. The summed E-state index contributed by atoms with van der Waals surface area (Å²) in [6.07, 6.45) is 12.1. The van der Waals surface area contributed by atoms with E-state index in [9.17, 15) is 9.59 Å². The van der Waals surface area contributed by atoms with E-state index < -0.39 is 0 Å². The highest BCUT2D eigenvalue weighted by atomic mass is 79.9. The number of carbonyl (C=O) groups is 2. The van der Waals surface area contributed by atoms with Crippen molar-refractivity contribution in [1.82, 2.24) is 4.90 Å². The molecule has 0 atom stereocenters. The molecule has 0 saturated carbocycles. The lowest BCUT2D eigenvalue weighted by Gasteiger charge is -2.43. The second kappa shape index (κ2) is 14.9. The summed E-state index contributed by atoms with van der Waals surface area (Å²) in [5, 5.41) is 0. The fourth-order valence-electron chi connectivity index (χ4n) is 3.41. The van der Waals surface area contributed by atoms with E-state index in [0.717, 1.165) is 82.3 Å². The first kappa shape index (κ1) is 25.9. The summed E-state index contributed by atoms with van der Waals surface area (Å²) in [4.78, 5) is 24.9. The van der Waals surface area contributed by atoms with Crippen LogP contribution in [0.25, 0.3) is 0 Å². The number of quaternary nitrogens is 1. The third kappa shape index (κ3) is 10.7. The van der Waals surface area contributed by atoms with Crippen molar-refractivity contribution < 1.29 is 35.8 Å². The van der Waals surface area contributed by atoms with Crippen LogP contribution in [0.15, 0.2) is 24.8 Å². The largest absolute Gasteiger partial charge is 1.00 e. The number of likely N-dealkylation sites (N-methyl/N-ethyl adjacent to an activating group) is 1. The lowest BCUT2D eigenvalue weighted by Crippen LogP contribution is -3.00. The van der Waals surface area contributed by atoms with Crippen LogP contribution in [-0.4, -0.2) is 67.1 Å². The van der Waals surface area contributed by atoms with Gasteiger partial charge in [0.1, 0.15) is 0 Å². The third-order valence-corrected chi connectivity index (χ3v) is 5.27. The Morgan fingerprint density at radius 1 is 1.11 bits per heavy atom. The maximum atomic E-state index is 12.3. The van der Waals surface area contributed by atoms with Crippen LogP contribution < -0.4 is 17.0 Å². The molecule has 1 aliphatic rings. The number of esters is 1. The minimum absolute atomic E-state index is 0. The number of unbranched alkanes of at least 4 members (excludes halogenated alkanes) is 5. The smallest absolute Gasteiger partial charge is 0.302 e. The number of hydrogen-bond donors (Lipinski definition) is 0. The molecule has 0 bridgehead atoms. The van der Waals surface area contributed by atoms with Crippen LogP contribution in [0, 0.1) is 0 Å². The van der Waals surface area contributed by atoms with Crippen LogP contribution in [0.2, 0.25) is 0 Å². The summed E-state index contributed by atoms with van der Waals surface area (Å²) in [5.41, 5.74) is 0. The normalized spacial score (nSPS) is 16.0. The van der Waals surface area contributed by atoms with E-state index in [0.29, 0.717) is 6.61 Å². The van der Waals surface area contributed by atoms with Crippen LogP contribution >= 0.6 is 0 Å². The molecule has 5 nitrogen and oxygen atoms in total. The molecule has 0 radical (unpaired) electrons. The molecule has 27 heavy (non-hydrogen) atoms. The number of allylic oxidation sites excluding steroid dienone is 1. The fraction of sp³-hybridized carbons (Fsp3) is 0.714. The number of halogens is 1. The van der Waals surface area contributed by atoms with Gasteiger partial charge in [0, 0.05) is 6.92 Å². The van der Waals surface area contributed by atoms with E-state index in [1.165, 1.54) is 6.92 Å². The Labute approximate surface area is 175 Å². The van der Waals surface area contributed by atoms with Crippen LogP contribution in [0.1, 0.15) is 52.4 Å². The first-order chi connectivity index (χ1) is 12.5. The van der Waals surface area contributed by atoms with Gasteiger partial charge in [0.2, 0.25) is 5.91 Å². The van der Waals surface area contributed by atoms with Gasteiger partial charge in [0.05, 0.1) is 45.9 Å². The van der Waals surface area contributed by atoms with Gasteiger partial charge in [-0.2, -0.15) is 0 Å². The summed E-state index contributed by atoms with van der Waals surface area (Å²) in [5.74, 6) is -0.0487. The number of hydrogen-bond acceptors (Lipinski definition) is 3. The number of rotatable bonds is 12. The summed E-state index contributed by atoms with van der Waals surface area (Å²) >= 11 is 0.